The van der Waals surface area contributed by atoms with Crippen molar-refractivity contribution in [3.8, 4) is 0 Å². The molecule has 0 amide bonds. The molecule has 1 aromatic rings. The minimum atomic E-state index is -3.79. The van der Waals surface area contributed by atoms with Crippen LogP contribution in [0, 0.1) is 0 Å². The fourth-order valence-corrected chi connectivity index (χ4v) is 2.00. The first-order valence-electron chi connectivity index (χ1n) is 3.70. The number of hydrogen-bond acceptors (Lipinski definition) is 3. The zero-order chi connectivity index (χ0) is 10.8. The Hall–Kier alpha value is -0.910. The molecule has 0 atom stereocenters. The zero-order valence-corrected chi connectivity index (χ0v) is 8.68. The molecule has 4 nitrogen and oxygen atoms in total. The number of sulfonamides is 1. The standard InChI is InChI=1S/C8H8ClNO3S/c9-8(11)5-6-3-1-2-4-7(6)14(10,12)13/h1-4H,5H2,(H2,10,12,13). The van der Waals surface area contributed by atoms with E-state index in [0.29, 0.717) is 5.56 Å². The van der Waals surface area contributed by atoms with Crippen molar-refractivity contribution in [1.82, 2.24) is 0 Å². The van der Waals surface area contributed by atoms with Gasteiger partial charge >= 0.3 is 0 Å². The first-order chi connectivity index (χ1) is 6.41. The van der Waals surface area contributed by atoms with Crippen LogP contribution in [0.4, 0.5) is 0 Å². The molecule has 0 aliphatic heterocycles. The van der Waals surface area contributed by atoms with Gasteiger partial charge in [0.15, 0.2) is 0 Å². The molecule has 0 fully saturated rings. The van der Waals surface area contributed by atoms with E-state index in [2.05, 4.69) is 0 Å². The van der Waals surface area contributed by atoms with E-state index in [1.165, 1.54) is 18.2 Å². The molecule has 0 saturated carbocycles. The van der Waals surface area contributed by atoms with Gasteiger partial charge in [0, 0.05) is 6.42 Å². The number of carbonyl (C=O) groups excluding carboxylic acids is 1. The second kappa shape index (κ2) is 4.08. The zero-order valence-electron chi connectivity index (χ0n) is 7.10. The van der Waals surface area contributed by atoms with E-state index in [4.69, 9.17) is 16.7 Å². The second-order valence-corrected chi connectivity index (χ2v) is 4.64. The van der Waals surface area contributed by atoms with Crippen molar-refractivity contribution < 1.29 is 13.2 Å². The van der Waals surface area contributed by atoms with Gasteiger partial charge in [-0.1, -0.05) is 18.2 Å². The number of primary sulfonamides is 1. The van der Waals surface area contributed by atoms with E-state index >= 15 is 0 Å². The maximum Gasteiger partial charge on any atom is 0.238 e. The third kappa shape index (κ3) is 2.80. The number of halogens is 1. The molecular weight excluding hydrogens is 226 g/mol. The number of benzene rings is 1. The van der Waals surface area contributed by atoms with Crippen LogP contribution in [0.3, 0.4) is 0 Å². The predicted molar refractivity (Wildman–Crippen MR) is 52.4 cm³/mol. The van der Waals surface area contributed by atoms with Gasteiger partial charge in [-0.15, -0.1) is 0 Å². The van der Waals surface area contributed by atoms with Crippen molar-refractivity contribution in [3.63, 3.8) is 0 Å². The minimum Gasteiger partial charge on any atom is -0.281 e. The largest absolute Gasteiger partial charge is 0.281 e. The summed E-state index contributed by atoms with van der Waals surface area (Å²) in [6.45, 7) is 0. The number of hydrogen-bond donors (Lipinski definition) is 1. The first kappa shape index (κ1) is 11.2. The Morgan fingerprint density at radius 2 is 1.93 bits per heavy atom. The molecule has 6 heteroatoms. The molecule has 0 unspecified atom stereocenters. The normalized spacial score (nSPS) is 11.3. The molecule has 76 valence electrons. The number of nitrogens with two attached hydrogens (primary N) is 1. The topological polar surface area (TPSA) is 77.2 Å². The lowest BCUT2D eigenvalue weighted by Gasteiger charge is -2.03. The van der Waals surface area contributed by atoms with Gasteiger partial charge in [-0.2, -0.15) is 0 Å². The summed E-state index contributed by atoms with van der Waals surface area (Å²) in [5, 5.41) is 4.33. The van der Waals surface area contributed by atoms with E-state index in [1.54, 1.807) is 6.07 Å². The maximum atomic E-state index is 11.1. The van der Waals surface area contributed by atoms with Crippen molar-refractivity contribution in [1.29, 1.82) is 0 Å². The summed E-state index contributed by atoms with van der Waals surface area (Å²) in [4.78, 5) is 10.6. The van der Waals surface area contributed by atoms with Crippen LogP contribution in [0.25, 0.3) is 0 Å². The molecular formula is C8H8ClNO3S. The third-order valence-corrected chi connectivity index (χ3v) is 2.75. The van der Waals surface area contributed by atoms with Gasteiger partial charge in [0.1, 0.15) is 0 Å². The quantitative estimate of drug-likeness (QED) is 0.779. The summed E-state index contributed by atoms with van der Waals surface area (Å²) >= 11 is 5.16. The lowest BCUT2D eigenvalue weighted by Crippen LogP contribution is -2.15. The summed E-state index contributed by atoms with van der Waals surface area (Å²) in [6, 6.07) is 5.98. The van der Waals surface area contributed by atoms with Gasteiger partial charge in [-0.25, -0.2) is 13.6 Å². The molecule has 0 spiro atoms. The first-order valence-corrected chi connectivity index (χ1v) is 5.63. The highest BCUT2D eigenvalue weighted by molar-refractivity contribution is 7.89. The van der Waals surface area contributed by atoms with Gasteiger partial charge in [0.25, 0.3) is 0 Å². The maximum absolute atomic E-state index is 11.1. The van der Waals surface area contributed by atoms with E-state index < -0.39 is 15.3 Å². The fraction of sp³-hybridized carbons (Fsp3) is 0.125. The average Bonchev–Trinajstić information content (AvgIpc) is 2.01. The van der Waals surface area contributed by atoms with E-state index in [-0.39, 0.29) is 11.3 Å². The van der Waals surface area contributed by atoms with Gasteiger partial charge in [0.2, 0.25) is 15.3 Å². The summed E-state index contributed by atoms with van der Waals surface area (Å²) in [7, 11) is -3.79. The Morgan fingerprint density at radius 3 is 2.43 bits per heavy atom. The van der Waals surface area contributed by atoms with Crippen LogP contribution in [0.2, 0.25) is 0 Å². The van der Waals surface area contributed by atoms with Crippen LogP contribution in [0.1, 0.15) is 5.56 Å². The average molecular weight is 234 g/mol. The van der Waals surface area contributed by atoms with Crippen molar-refractivity contribution in [3.05, 3.63) is 29.8 Å². The molecule has 0 radical (unpaired) electrons. The molecule has 0 heterocycles. The molecule has 1 aromatic carbocycles. The van der Waals surface area contributed by atoms with Crippen LogP contribution in [-0.4, -0.2) is 13.7 Å². The van der Waals surface area contributed by atoms with E-state index in [0.717, 1.165) is 0 Å². The van der Waals surface area contributed by atoms with Crippen LogP contribution in [0.5, 0.6) is 0 Å². The van der Waals surface area contributed by atoms with Crippen LogP contribution < -0.4 is 5.14 Å². The number of carbonyl (C=O) groups is 1. The second-order valence-electron chi connectivity index (χ2n) is 2.68. The highest BCUT2D eigenvalue weighted by atomic mass is 35.5. The van der Waals surface area contributed by atoms with Crippen molar-refractivity contribution in [2.24, 2.45) is 5.14 Å². The number of rotatable bonds is 3. The minimum absolute atomic E-state index is 0.0611. The third-order valence-electron chi connectivity index (χ3n) is 1.61. The van der Waals surface area contributed by atoms with Gasteiger partial charge in [-0.3, -0.25) is 4.79 Å². The van der Waals surface area contributed by atoms with E-state index in [9.17, 15) is 13.2 Å². The van der Waals surface area contributed by atoms with Gasteiger partial charge in [0.05, 0.1) is 4.90 Å². The predicted octanol–water partition coefficient (Wildman–Crippen LogP) is 0.642. The Bertz CT molecular complexity index is 455. The Balaban J connectivity index is 3.23. The molecule has 0 saturated heterocycles. The fourth-order valence-electron chi connectivity index (χ4n) is 1.08. The van der Waals surface area contributed by atoms with Gasteiger partial charge in [-0.05, 0) is 23.2 Å². The molecule has 14 heavy (non-hydrogen) atoms. The SMILES string of the molecule is NS(=O)(=O)c1ccccc1CC(=O)Cl. The summed E-state index contributed by atoms with van der Waals surface area (Å²) < 4.78 is 22.1. The Labute approximate surface area is 86.7 Å². The molecule has 0 aliphatic rings. The highest BCUT2D eigenvalue weighted by Gasteiger charge is 2.14. The smallest absolute Gasteiger partial charge is 0.238 e. The van der Waals surface area contributed by atoms with Crippen LogP contribution in [-0.2, 0) is 21.2 Å². The molecule has 0 aromatic heterocycles. The lowest BCUT2D eigenvalue weighted by molar-refractivity contribution is -0.111. The summed E-state index contributed by atoms with van der Waals surface area (Å²) in [5.41, 5.74) is 0.315. The Morgan fingerprint density at radius 1 is 1.36 bits per heavy atom. The highest BCUT2D eigenvalue weighted by Crippen LogP contribution is 2.14. The Kier molecular flexibility index (Phi) is 3.25. The van der Waals surface area contributed by atoms with Gasteiger partial charge < -0.3 is 0 Å². The molecule has 0 aliphatic carbocycles. The molecule has 0 bridgehead atoms. The van der Waals surface area contributed by atoms with E-state index in [1.807, 2.05) is 0 Å². The van der Waals surface area contributed by atoms with Crippen LogP contribution in [0.15, 0.2) is 29.2 Å². The lowest BCUT2D eigenvalue weighted by atomic mass is 10.2. The molecule has 1 rings (SSSR count). The van der Waals surface area contributed by atoms with Crippen LogP contribution >= 0.6 is 11.6 Å². The van der Waals surface area contributed by atoms with Crippen molar-refractivity contribution in [2.45, 2.75) is 11.3 Å². The summed E-state index contributed by atoms with van der Waals surface area (Å²) in [5.74, 6) is 0. The van der Waals surface area contributed by atoms with Crippen molar-refractivity contribution in [2.75, 3.05) is 0 Å². The molecule has 2 N–H and O–H groups in total. The monoisotopic (exact) mass is 233 g/mol. The summed E-state index contributed by atoms with van der Waals surface area (Å²) in [6.07, 6.45) is -0.145. The van der Waals surface area contributed by atoms with Crippen molar-refractivity contribution >= 4 is 26.9 Å².